The smallest absolute Gasteiger partial charge is 0.338 e. The summed E-state index contributed by atoms with van der Waals surface area (Å²) in [4.78, 5) is 23.8. The summed E-state index contributed by atoms with van der Waals surface area (Å²) >= 11 is 1.06. The van der Waals surface area contributed by atoms with E-state index in [4.69, 9.17) is 5.11 Å². The Kier molecular flexibility index (Phi) is 4.32. The van der Waals surface area contributed by atoms with Crippen molar-refractivity contribution in [2.45, 2.75) is 13.3 Å². The Morgan fingerprint density at radius 1 is 1.29 bits per heavy atom. The maximum atomic E-state index is 13.5. The monoisotopic (exact) mass is 311 g/mol. The van der Waals surface area contributed by atoms with Gasteiger partial charge < -0.3 is 10.4 Å². The number of aryl methyl sites for hydroxylation is 1. The zero-order valence-electron chi connectivity index (χ0n) is 10.9. The summed E-state index contributed by atoms with van der Waals surface area (Å²) in [6, 6.07) is 4.49. The zero-order valence-corrected chi connectivity index (χ0v) is 11.8. The Morgan fingerprint density at radius 2 is 1.90 bits per heavy atom. The summed E-state index contributed by atoms with van der Waals surface area (Å²) in [5.74, 6) is -4.24. The highest BCUT2D eigenvalue weighted by molar-refractivity contribution is 7.16. The lowest BCUT2D eigenvalue weighted by Crippen LogP contribution is -2.16. The van der Waals surface area contributed by atoms with Gasteiger partial charge in [0.2, 0.25) is 0 Å². The summed E-state index contributed by atoms with van der Waals surface area (Å²) in [7, 11) is 0. The molecule has 1 amide bonds. The van der Waals surface area contributed by atoms with E-state index in [9.17, 15) is 18.4 Å². The van der Waals surface area contributed by atoms with Crippen LogP contribution >= 0.6 is 11.3 Å². The van der Waals surface area contributed by atoms with E-state index in [1.54, 1.807) is 0 Å². The number of amides is 1. The normalized spacial score (nSPS) is 10.4. The molecule has 0 aliphatic carbocycles. The SMILES string of the molecule is CCc1cc(C(=O)O)c(NC(=O)c2c(F)cccc2F)s1. The number of carbonyl (C=O) groups excluding carboxylic acids is 1. The first-order chi connectivity index (χ1) is 9.93. The molecule has 21 heavy (non-hydrogen) atoms. The van der Waals surface area contributed by atoms with Crippen LogP contribution in [-0.2, 0) is 6.42 Å². The maximum Gasteiger partial charge on any atom is 0.338 e. The van der Waals surface area contributed by atoms with Crippen molar-refractivity contribution in [2.24, 2.45) is 0 Å². The largest absolute Gasteiger partial charge is 0.478 e. The van der Waals surface area contributed by atoms with E-state index in [0.29, 0.717) is 6.42 Å². The lowest BCUT2D eigenvalue weighted by molar-refractivity contribution is 0.0698. The zero-order chi connectivity index (χ0) is 15.6. The predicted octanol–water partition coefficient (Wildman–Crippen LogP) is 3.54. The van der Waals surface area contributed by atoms with Crippen molar-refractivity contribution in [3.63, 3.8) is 0 Å². The van der Waals surface area contributed by atoms with Gasteiger partial charge in [-0.2, -0.15) is 0 Å². The molecule has 0 spiro atoms. The second-order valence-electron chi connectivity index (χ2n) is 4.17. The van der Waals surface area contributed by atoms with Crippen molar-refractivity contribution >= 4 is 28.2 Å². The number of nitrogens with one attached hydrogen (secondary N) is 1. The summed E-state index contributed by atoms with van der Waals surface area (Å²) in [6.45, 7) is 1.83. The van der Waals surface area contributed by atoms with E-state index in [-0.39, 0.29) is 10.6 Å². The number of carboxylic acid groups (broad SMARTS) is 1. The molecule has 1 aromatic carbocycles. The van der Waals surface area contributed by atoms with E-state index < -0.39 is 29.1 Å². The number of rotatable bonds is 4. The first kappa shape index (κ1) is 15.1. The molecule has 0 saturated carbocycles. The minimum Gasteiger partial charge on any atom is -0.478 e. The van der Waals surface area contributed by atoms with Gasteiger partial charge in [-0.15, -0.1) is 11.3 Å². The van der Waals surface area contributed by atoms with Gasteiger partial charge in [0, 0.05) is 4.88 Å². The Labute approximate surface area is 123 Å². The van der Waals surface area contributed by atoms with E-state index in [2.05, 4.69) is 5.32 Å². The van der Waals surface area contributed by atoms with Crippen LogP contribution in [0.5, 0.6) is 0 Å². The molecule has 0 bridgehead atoms. The van der Waals surface area contributed by atoms with Gasteiger partial charge in [-0.1, -0.05) is 13.0 Å². The van der Waals surface area contributed by atoms with Crippen molar-refractivity contribution in [2.75, 3.05) is 5.32 Å². The molecule has 0 aliphatic rings. The molecule has 0 atom stereocenters. The summed E-state index contributed by atoms with van der Waals surface area (Å²) < 4.78 is 27.0. The predicted molar refractivity (Wildman–Crippen MR) is 75.0 cm³/mol. The molecule has 1 heterocycles. The minimum absolute atomic E-state index is 0.0620. The number of carboxylic acids is 1. The fourth-order valence-corrected chi connectivity index (χ4v) is 2.73. The Bertz CT molecular complexity index is 692. The molecule has 2 aromatic rings. The maximum absolute atomic E-state index is 13.5. The van der Waals surface area contributed by atoms with Crippen molar-refractivity contribution in [3.8, 4) is 0 Å². The van der Waals surface area contributed by atoms with Crippen molar-refractivity contribution in [1.29, 1.82) is 0 Å². The van der Waals surface area contributed by atoms with E-state index >= 15 is 0 Å². The second kappa shape index (κ2) is 6.01. The highest BCUT2D eigenvalue weighted by atomic mass is 32.1. The fourth-order valence-electron chi connectivity index (χ4n) is 1.75. The number of carbonyl (C=O) groups is 2. The van der Waals surface area contributed by atoms with Crippen LogP contribution < -0.4 is 5.32 Å². The van der Waals surface area contributed by atoms with Crippen LogP contribution in [0.4, 0.5) is 13.8 Å². The van der Waals surface area contributed by atoms with Gasteiger partial charge in [0.1, 0.15) is 22.2 Å². The topological polar surface area (TPSA) is 66.4 Å². The quantitative estimate of drug-likeness (QED) is 0.907. The molecular weight excluding hydrogens is 300 g/mol. The van der Waals surface area contributed by atoms with Crippen molar-refractivity contribution in [1.82, 2.24) is 0 Å². The van der Waals surface area contributed by atoms with Crippen LogP contribution in [0, 0.1) is 11.6 Å². The number of aromatic carboxylic acids is 1. The minimum atomic E-state index is -1.21. The third kappa shape index (κ3) is 3.08. The number of benzene rings is 1. The molecule has 0 fully saturated rings. The second-order valence-corrected chi connectivity index (χ2v) is 5.30. The van der Waals surface area contributed by atoms with Gasteiger partial charge in [-0.3, -0.25) is 4.79 Å². The van der Waals surface area contributed by atoms with Crippen LogP contribution in [0.2, 0.25) is 0 Å². The lowest BCUT2D eigenvalue weighted by Gasteiger charge is -2.06. The highest BCUT2D eigenvalue weighted by Gasteiger charge is 2.21. The molecule has 2 N–H and O–H groups in total. The third-order valence-corrected chi connectivity index (χ3v) is 3.97. The van der Waals surface area contributed by atoms with Crippen LogP contribution in [0.1, 0.15) is 32.5 Å². The molecule has 0 unspecified atom stereocenters. The molecule has 7 heteroatoms. The van der Waals surface area contributed by atoms with Gasteiger partial charge in [-0.25, -0.2) is 13.6 Å². The fraction of sp³-hybridized carbons (Fsp3) is 0.143. The highest BCUT2D eigenvalue weighted by Crippen LogP contribution is 2.29. The van der Waals surface area contributed by atoms with E-state index in [0.717, 1.165) is 34.4 Å². The number of thiophene rings is 1. The van der Waals surface area contributed by atoms with Gasteiger partial charge >= 0.3 is 5.97 Å². The Balaban J connectivity index is 2.36. The number of hydrogen-bond donors (Lipinski definition) is 2. The average Bonchev–Trinajstić information content (AvgIpc) is 2.81. The summed E-state index contributed by atoms with van der Waals surface area (Å²) in [5, 5.41) is 11.4. The van der Waals surface area contributed by atoms with Crippen LogP contribution in [-0.4, -0.2) is 17.0 Å². The molecule has 0 saturated heterocycles. The van der Waals surface area contributed by atoms with Gasteiger partial charge in [0.25, 0.3) is 5.91 Å². The van der Waals surface area contributed by atoms with Crippen LogP contribution in [0.25, 0.3) is 0 Å². The van der Waals surface area contributed by atoms with Gasteiger partial charge in [0.15, 0.2) is 0 Å². The Morgan fingerprint density at radius 3 is 2.43 bits per heavy atom. The molecule has 4 nitrogen and oxygen atoms in total. The standard InChI is InChI=1S/C14H11F2NO3S/c1-2-7-6-8(14(19)20)13(21-7)17-12(18)11-9(15)4-3-5-10(11)16/h3-6H,2H2,1H3,(H,17,18)(H,19,20). The molecule has 0 aliphatic heterocycles. The molecule has 0 radical (unpaired) electrons. The average molecular weight is 311 g/mol. The first-order valence-corrected chi connectivity index (χ1v) is 6.87. The number of hydrogen-bond acceptors (Lipinski definition) is 3. The van der Waals surface area contributed by atoms with Crippen LogP contribution in [0.3, 0.4) is 0 Å². The molecule has 110 valence electrons. The van der Waals surface area contributed by atoms with Crippen molar-refractivity contribution in [3.05, 3.63) is 51.9 Å². The van der Waals surface area contributed by atoms with Gasteiger partial charge in [-0.05, 0) is 24.6 Å². The van der Waals surface area contributed by atoms with Gasteiger partial charge in [0.05, 0.1) is 5.56 Å². The van der Waals surface area contributed by atoms with Crippen LogP contribution in [0.15, 0.2) is 24.3 Å². The molecular formula is C14H11F2NO3S. The molecule has 2 rings (SSSR count). The Hall–Kier alpha value is -2.28. The lowest BCUT2D eigenvalue weighted by atomic mass is 10.2. The molecule has 1 aromatic heterocycles. The number of anilines is 1. The van der Waals surface area contributed by atoms with E-state index in [1.807, 2.05) is 6.92 Å². The third-order valence-electron chi connectivity index (χ3n) is 2.78. The first-order valence-electron chi connectivity index (χ1n) is 6.05. The summed E-state index contributed by atoms with van der Waals surface area (Å²) in [6.07, 6.45) is 0.592. The van der Waals surface area contributed by atoms with Crippen molar-refractivity contribution < 1.29 is 23.5 Å². The van der Waals surface area contributed by atoms with E-state index in [1.165, 1.54) is 6.07 Å². The number of halogens is 2. The summed E-state index contributed by atoms with van der Waals surface area (Å²) in [5.41, 5.74) is -0.831.